The number of nitrogens with zero attached hydrogens (tertiary/aromatic N) is 1. The van der Waals surface area contributed by atoms with Crippen LogP contribution >= 0.6 is 0 Å². The Labute approximate surface area is 99.3 Å². The topological polar surface area (TPSA) is 72.2 Å². The molecule has 0 radical (unpaired) electrons. The van der Waals surface area contributed by atoms with Crippen LogP contribution in [0.1, 0.15) is 24.2 Å². The van der Waals surface area contributed by atoms with Crippen LogP contribution in [0, 0.1) is 10.1 Å². The number of nitrogens with one attached hydrogen (secondary N) is 1. The molecule has 90 valence electrons. The molecule has 5 nitrogen and oxygen atoms in total. The summed E-state index contributed by atoms with van der Waals surface area (Å²) in [7, 11) is 0. The number of nitro benzene ring substituents is 1. The quantitative estimate of drug-likeness (QED) is 0.367. The summed E-state index contributed by atoms with van der Waals surface area (Å²) >= 11 is 0. The summed E-state index contributed by atoms with van der Waals surface area (Å²) in [6.07, 6.45) is 2.98. The molecule has 0 saturated heterocycles. The molecular weight excluding hydrogens is 220 g/mol. The second-order valence-electron chi connectivity index (χ2n) is 3.82. The average Bonchev–Trinajstić information content (AvgIpc) is 2.28. The van der Waals surface area contributed by atoms with Gasteiger partial charge in [-0.3, -0.25) is 14.9 Å². The molecule has 0 spiro atoms. The summed E-state index contributed by atoms with van der Waals surface area (Å²) in [5, 5.41) is 13.4. The smallest absolute Gasteiger partial charge is 0.269 e. The first kappa shape index (κ1) is 12.9. The number of carbonyl (C=O) groups excluding carboxylic acids is 1. The molecule has 1 aromatic rings. The summed E-state index contributed by atoms with van der Waals surface area (Å²) < 4.78 is 0. The molecule has 0 atom stereocenters. The molecule has 17 heavy (non-hydrogen) atoms. The number of benzene rings is 1. The van der Waals surface area contributed by atoms with Crippen LogP contribution in [-0.2, 0) is 0 Å². The van der Waals surface area contributed by atoms with Gasteiger partial charge in [0.2, 0.25) is 0 Å². The van der Waals surface area contributed by atoms with Crippen molar-refractivity contribution in [3.63, 3.8) is 0 Å². The minimum absolute atomic E-state index is 0.0224. The molecule has 0 bridgehead atoms. The van der Waals surface area contributed by atoms with Crippen molar-refractivity contribution in [3.8, 4) is 0 Å². The molecule has 1 rings (SSSR count). The van der Waals surface area contributed by atoms with E-state index in [1.54, 1.807) is 6.20 Å². The van der Waals surface area contributed by atoms with Gasteiger partial charge in [0.25, 0.3) is 5.69 Å². The van der Waals surface area contributed by atoms with E-state index < -0.39 is 4.92 Å². The number of rotatable bonds is 5. The van der Waals surface area contributed by atoms with Crippen molar-refractivity contribution in [2.45, 2.75) is 19.9 Å². The van der Waals surface area contributed by atoms with Gasteiger partial charge in [-0.1, -0.05) is 0 Å². The molecular formula is C12H14N2O3. The fraction of sp³-hybridized carbons (Fsp3) is 0.250. The molecule has 0 unspecified atom stereocenters. The Bertz CT molecular complexity index is 436. The standard InChI is InChI=1S/C12H14N2O3/c1-9(2)13-8-7-12(15)10-3-5-11(6-4-10)14(16)17/h3-9,13H,1-2H3/b8-7+. The van der Waals surface area contributed by atoms with Crippen LogP contribution in [0.5, 0.6) is 0 Å². The Morgan fingerprint density at radius 3 is 2.41 bits per heavy atom. The van der Waals surface area contributed by atoms with Gasteiger partial charge in [0.1, 0.15) is 0 Å². The number of carbonyl (C=O) groups is 1. The maximum absolute atomic E-state index is 11.6. The van der Waals surface area contributed by atoms with Gasteiger partial charge >= 0.3 is 0 Å². The fourth-order valence-electron chi connectivity index (χ4n) is 1.16. The van der Waals surface area contributed by atoms with Crippen molar-refractivity contribution in [2.75, 3.05) is 0 Å². The Balaban J connectivity index is 2.70. The van der Waals surface area contributed by atoms with E-state index in [4.69, 9.17) is 0 Å². The predicted octanol–water partition coefficient (Wildman–Crippen LogP) is 2.29. The highest BCUT2D eigenvalue weighted by atomic mass is 16.6. The highest BCUT2D eigenvalue weighted by Gasteiger charge is 2.06. The van der Waals surface area contributed by atoms with Crippen LogP contribution < -0.4 is 5.32 Å². The van der Waals surface area contributed by atoms with Crippen molar-refractivity contribution >= 4 is 11.5 Å². The van der Waals surface area contributed by atoms with E-state index in [0.717, 1.165) is 0 Å². The largest absolute Gasteiger partial charge is 0.389 e. The van der Waals surface area contributed by atoms with Gasteiger partial charge in [-0.15, -0.1) is 0 Å². The lowest BCUT2D eigenvalue weighted by atomic mass is 10.1. The van der Waals surface area contributed by atoms with Crippen LogP contribution in [0.3, 0.4) is 0 Å². The highest BCUT2D eigenvalue weighted by Crippen LogP contribution is 2.12. The Hall–Kier alpha value is -2.17. The molecule has 1 N–H and O–H groups in total. The minimum Gasteiger partial charge on any atom is -0.389 e. The summed E-state index contributed by atoms with van der Waals surface area (Å²) in [4.78, 5) is 21.5. The number of ketones is 1. The van der Waals surface area contributed by atoms with Gasteiger partial charge in [-0.2, -0.15) is 0 Å². The second kappa shape index (κ2) is 5.79. The molecule has 0 heterocycles. The van der Waals surface area contributed by atoms with Gasteiger partial charge < -0.3 is 5.32 Å². The Kier molecular flexibility index (Phi) is 4.39. The van der Waals surface area contributed by atoms with Crippen LogP contribution in [0.2, 0.25) is 0 Å². The first-order valence-electron chi connectivity index (χ1n) is 5.22. The highest BCUT2D eigenvalue weighted by molar-refractivity contribution is 6.04. The molecule has 0 saturated carbocycles. The van der Waals surface area contributed by atoms with E-state index in [1.165, 1.54) is 30.3 Å². The number of nitro groups is 1. The number of allylic oxidation sites excluding steroid dienone is 1. The van der Waals surface area contributed by atoms with Crippen LogP contribution in [0.4, 0.5) is 5.69 Å². The van der Waals surface area contributed by atoms with Crippen LogP contribution in [0.25, 0.3) is 0 Å². The zero-order chi connectivity index (χ0) is 12.8. The first-order chi connectivity index (χ1) is 8.00. The first-order valence-corrected chi connectivity index (χ1v) is 5.22. The van der Waals surface area contributed by atoms with Crippen LogP contribution in [-0.4, -0.2) is 16.7 Å². The molecule has 0 aliphatic carbocycles. The van der Waals surface area contributed by atoms with Crippen molar-refractivity contribution in [1.29, 1.82) is 0 Å². The van der Waals surface area contributed by atoms with E-state index in [1.807, 2.05) is 13.8 Å². The van der Waals surface area contributed by atoms with Crippen molar-refractivity contribution < 1.29 is 9.72 Å². The van der Waals surface area contributed by atoms with Gasteiger partial charge in [-0.25, -0.2) is 0 Å². The number of hydrogen-bond donors (Lipinski definition) is 1. The normalized spacial score (nSPS) is 10.8. The van der Waals surface area contributed by atoms with Gasteiger partial charge in [0.05, 0.1) is 4.92 Å². The lowest BCUT2D eigenvalue weighted by molar-refractivity contribution is -0.384. The van der Waals surface area contributed by atoms with E-state index >= 15 is 0 Å². The molecule has 0 fully saturated rings. The second-order valence-corrected chi connectivity index (χ2v) is 3.82. The number of non-ortho nitro benzene ring substituents is 1. The minimum atomic E-state index is -0.496. The SMILES string of the molecule is CC(C)N/C=C/C(=O)c1ccc([N+](=O)[O-])cc1. The van der Waals surface area contributed by atoms with Crippen LogP contribution in [0.15, 0.2) is 36.5 Å². The van der Waals surface area contributed by atoms with Gasteiger partial charge in [0, 0.05) is 36.0 Å². The maximum Gasteiger partial charge on any atom is 0.269 e. The fourth-order valence-corrected chi connectivity index (χ4v) is 1.16. The molecule has 0 amide bonds. The summed E-state index contributed by atoms with van der Waals surface area (Å²) in [5.74, 6) is -0.187. The molecule has 0 aliphatic heterocycles. The summed E-state index contributed by atoms with van der Waals surface area (Å²) in [6, 6.07) is 5.78. The molecule has 5 heteroatoms. The van der Waals surface area contributed by atoms with Gasteiger partial charge in [0.15, 0.2) is 5.78 Å². The third-order valence-corrected chi connectivity index (χ3v) is 2.03. The summed E-state index contributed by atoms with van der Waals surface area (Å²) in [6.45, 7) is 3.92. The van der Waals surface area contributed by atoms with Crippen molar-refractivity contribution in [1.82, 2.24) is 5.32 Å². The van der Waals surface area contributed by atoms with Crippen molar-refractivity contribution in [2.24, 2.45) is 0 Å². The Morgan fingerprint density at radius 1 is 1.35 bits per heavy atom. The lowest BCUT2D eigenvalue weighted by Gasteiger charge is -2.02. The van der Waals surface area contributed by atoms with E-state index in [0.29, 0.717) is 5.56 Å². The zero-order valence-electron chi connectivity index (χ0n) is 9.71. The third kappa shape index (κ3) is 4.06. The van der Waals surface area contributed by atoms with E-state index in [9.17, 15) is 14.9 Å². The number of hydrogen-bond acceptors (Lipinski definition) is 4. The molecule has 1 aromatic carbocycles. The van der Waals surface area contributed by atoms with E-state index in [-0.39, 0.29) is 17.5 Å². The Morgan fingerprint density at radius 2 is 1.94 bits per heavy atom. The molecule has 0 aromatic heterocycles. The van der Waals surface area contributed by atoms with Gasteiger partial charge in [-0.05, 0) is 26.0 Å². The third-order valence-electron chi connectivity index (χ3n) is 2.03. The lowest BCUT2D eigenvalue weighted by Crippen LogP contribution is -2.15. The average molecular weight is 234 g/mol. The maximum atomic E-state index is 11.6. The molecule has 0 aliphatic rings. The van der Waals surface area contributed by atoms with E-state index in [2.05, 4.69) is 5.32 Å². The predicted molar refractivity (Wildman–Crippen MR) is 64.8 cm³/mol. The zero-order valence-corrected chi connectivity index (χ0v) is 9.71. The summed E-state index contributed by atoms with van der Waals surface area (Å²) in [5.41, 5.74) is 0.406. The monoisotopic (exact) mass is 234 g/mol. The van der Waals surface area contributed by atoms with Crippen molar-refractivity contribution in [3.05, 3.63) is 52.2 Å².